The minimum atomic E-state index is -0.163. The number of amides is 3. The summed E-state index contributed by atoms with van der Waals surface area (Å²) in [5.41, 5.74) is 0.927. The molecule has 2 rings (SSSR count). The van der Waals surface area contributed by atoms with E-state index in [4.69, 9.17) is 0 Å². The Kier molecular flexibility index (Phi) is 8.84. The zero-order valence-corrected chi connectivity index (χ0v) is 18.7. The van der Waals surface area contributed by atoms with Gasteiger partial charge in [-0.3, -0.25) is 14.4 Å². The van der Waals surface area contributed by atoms with Crippen LogP contribution in [0.25, 0.3) is 0 Å². The molecular formula is C23H36N4O3. The van der Waals surface area contributed by atoms with Crippen LogP contribution in [0.15, 0.2) is 30.3 Å². The molecule has 2 N–H and O–H groups in total. The number of hydrogen-bond acceptors (Lipinski definition) is 4. The fourth-order valence-corrected chi connectivity index (χ4v) is 3.90. The second-order valence-corrected chi connectivity index (χ2v) is 9.21. The van der Waals surface area contributed by atoms with E-state index >= 15 is 0 Å². The van der Waals surface area contributed by atoms with Crippen molar-refractivity contribution in [2.75, 3.05) is 46.8 Å². The van der Waals surface area contributed by atoms with Gasteiger partial charge in [0.15, 0.2) is 0 Å². The number of nitrogens with zero attached hydrogens (tertiary/aromatic N) is 2. The average molecular weight is 417 g/mol. The van der Waals surface area contributed by atoms with Gasteiger partial charge in [-0.1, -0.05) is 44.2 Å². The highest BCUT2D eigenvalue weighted by atomic mass is 16.2. The van der Waals surface area contributed by atoms with E-state index in [1.165, 1.54) is 0 Å². The molecule has 166 valence electrons. The molecule has 0 aliphatic carbocycles. The maximum absolute atomic E-state index is 12.5. The van der Waals surface area contributed by atoms with Gasteiger partial charge in [0.2, 0.25) is 17.7 Å². The second-order valence-electron chi connectivity index (χ2n) is 9.21. The summed E-state index contributed by atoms with van der Waals surface area (Å²) >= 11 is 0. The predicted molar refractivity (Wildman–Crippen MR) is 118 cm³/mol. The second kappa shape index (κ2) is 11.1. The first-order valence-electron chi connectivity index (χ1n) is 10.7. The van der Waals surface area contributed by atoms with Crippen molar-refractivity contribution < 1.29 is 14.4 Å². The zero-order valence-electron chi connectivity index (χ0n) is 18.7. The van der Waals surface area contributed by atoms with Crippen LogP contribution in [0.4, 0.5) is 0 Å². The van der Waals surface area contributed by atoms with Gasteiger partial charge in [0.25, 0.3) is 0 Å². The molecule has 1 heterocycles. The Hall–Kier alpha value is -2.41. The van der Waals surface area contributed by atoms with Crippen molar-refractivity contribution in [2.45, 2.75) is 33.1 Å². The summed E-state index contributed by atoms with van der Waals surface area (Å²) in [6, 6.07) is 9.45. The largest absolute Gasteiger partial charge is 0.355 e. The first-order chi connectivity index (χ1) is 14.2. The highest BCUT2D eigenvalue weighted by Gasteiger charge is 2.28. The normalized spacial score (nSPS) is 15.2. The fraction of sp³-hybridized carbons (Fsp3) is 0.609. The van der Waals surface area contributed by atoms with Crippen LogP contribution in [-0.4, -0.2) is 74.3 Å². The molecule has 1 aliphatic rings. The maximum atomic E-state index is 12.5. The maximum Gasteiger partial charge on any atom is 0.241 e. The smallest absolute Gasteiger partial charge is 0.241 e. The van der Waals surface area contributed by atoms with Gasteiger partial charge >= 0.3 is 0 Å². The van der Waals surface area contributed by atoms with Crippen LogP contribution in [-0.2, 0) is 20.8 Å². The predicted octanol–water partition coefficient (Wildman–Crippen LogP) is 1.29. The number of likely N-dealkylation sites (tertiary alicyclic amines) is 1. The third kappa shape index (κ3) is 8.14. The summed E-state index contributed by atoms with van der Waals surface area (Å²) in [6.07, 6.45) is 1.58. The highest BCUT2D eigenvalue weighted by molar-refractivity contribution is 5.86. The van der Waals surface area contributed by atoms with Gasteiger partial charge in [0.1, 0.15) is 0 Å². The van der Waals surface area contributed by atoms with E-state index in [1.54, 1.807) is 4.90 Å². The summed E-state index contributed by atoms with van der Waals surface area (Å²) < 4.78 is 0. The van der Waals surface area contributed by atoms with Crippen LogP contribution in [0, 0.1) is 11.3 Å². The van der Waals surface area contributed by atoms with Gasteiger partial charge in [-0.2, -0.15) is 0 Å². The molecule has 0 unspecified atom stereocenters. The third-order valence-corrected chi connectivity index (χ3v) is 5.35. The standard InChI is InChI=1S/C23H36N4O3/c1-23(2,17-26(3)4)16-25-22(30)19-10-12-27(13-11-19)21(29)15-24-20(28)14-18-8-6-5-7-9-18/h5-9,19H,10-17H2,1-4H3,(H,24,28)(H,25,30). The Balaban J connectivity index is 1.68. The molecule has 3 amide bonds. The van der Waals surface area contributed by atoms with Gasteiger partial charge in [0.05, 0.1) is 13.0 Å². The minimum Gasteiger partial charge on any atom is -0.355 e. The lowest BCUT2D eigenvalue weighted by Gasteiger charge is -2.33. The van der Waals surface area contributed by atoms with E-state index < -0.39 is 0 Å². The Morgan fingerprint density at radius 2 is 1.70 bits per heavy atom. The third-order valence-electron chi connectivity index (χ3n) is 5.35. The van der Waals surface area contributed by atoms with E-state index in [2.05, 4.69) is 29.4 Å². The Morgan fingerprint density at radius 3 is 2.30 bits per heavy atom. The van der Waals surface area contributed by atoms with Gasteiger partial charge in [0, 0.05) is 32.1 Å². The van der Waals surface area contributed by atoms with Gasteiger partial charge < -0.3 is 20.4 Å². The number of carbonyl (C=O) groups excluding carboxylic acids is 3. The van der Waals surface area contributed by atoms with Gasteiger partial charge in [-0.25, -0.2) is 0 Å². The molecule has 1 aromatic carbocycles. The number of piperidine rings is 1. The van der Waals surface area contributed by atoms with E-state index in [0.717, 1.165) is 12.1 Å². The number of carbonyl (C=O) groups is 3. The van der Waals surface area contributed by atoms with Crippen LogP contribution in [0.2, 0.25) is 0 Å². The molecule has 0 atom stereocenters. The summed E-state index contributed by atoms with van der Waals surface area (Å²) in [6.45, 7) is 6.91. The van der Waals surface area contributed by atoms with E-state index in [0.29, 0.717) is 32.5 Å². The molecular weight excluding hydrogens is 380 g/mol. The molecule has 0 saturated carbocycles. The molecule has 0 bridgehead atoms. The monoisotopic (exact) mass is 416 g/mol. The van der Waals surface area contributed by atoms with Crippen molar-refractivity contribution in [1.82, 2.24) is 20.4 Å². The highest BCUT2D eigenvalue weighted by Crippen LogP contribution is 2.19. The van der Waals surface area contributed by atoms with Crippen molar-refractivity contribution in [2.24, 2.45) is 11.3 Å². The molecule has 0 radical (unpaired) electrons. The lowest BCUT2D eigenvalue weighted by atomic mass is 9.91. The Labute approximate surface area is 180 Å². The lowest BCUT2D eigenvalue weighted by molar-refractivity contribution is -0.136. The van der Waals surface area contributed by atoms with Crippen LogP contribution in [0.5, 0.6) is 0 Å². The van der Waals surface area contributed by atoms with Crippen molar-refractivity contribution in [1.29, 1.82) is 0 Å². The lowest BCUT2D eigenvalue weighted by Crippen LogP contribution is -2.48. The average Bonchev–Trinajstić information content (AvgIpc) is 2.70. The van der Waals surface area contributed by atoms with Crippen molar-refractivity contribution >= 4 is 17.7 Å². The van der Waals surface area contributed by atoms with Crippen LogP contribution >= 0.6 is 0 Å². The summed E-state index contributed by atoms with van der Waals surface area (Å²) in [4.78, 5) is 40.8. The van der Waals surface area contributed by atoms with Crippen molar-refractivity contribution in [3.8, 4) is 0 Å². The quantitative estimate of drug-likeness (QED) is 0.636. The first kappa shape index (κ1) is 23.9. The zero-order chi connectivity index (χ0) is 22.1. The molecule has 0 spiro atoms. The van der Waals surface area contributed by atoms with Gasteiger partial charge in [-0.05, 0) is 37.9 Å². The number of nitrogens with one attached hydrogen (secondary N) is 2. The van der Waals surface area contributed by atoms with Crippen LogP contribution in [0.1, 0.15) is 32.3 Å². The summed E-state index contributed by atoms with van der Waals surface area (Å²) in [5, 5.41) is 5.78. The Morgan fingerprint density at radius 1 is 1.07 bits per heavy atom. The topological polar surface area (TPSA) is 81.8 Å². The van der Waals surface area contributed by atoms with Crippen molar-refractivity contribution in [3.63, 3.8) is 0 Å². The first-order valence-corrected chi connectivity index (χ1v) is 10.7. The molecule has 0 aromatic heterocycles. The molecule has 7 heteroatoms. The van der Waals surface area contributed by atoms with Crippen molar-refractivity contribution in [3.05, 3.63) is 35.9 Å². The van der Waals surface area contributed by atoms with Crippen LogP contribution < -0.4 is 10.6 Å². The van der Waals surface area contributed by atoms with E-state index in [1.807, 2.05) is 44.4 Å². The number of benzene rings is 1. The fourth-order valence-electron chi connectivity index (χ4n) is 3.90. The molecule has 1 fully saturated rings. The van der Waals surface area contributed by atoms with Crippen LogP contribution in [0.3, 0.4) is 0 Å². The number of hydrogen-bond donors (Lipinski definition) is 2. The van der Waals surface area contributed by atoms with E-state index in [-0.39, 0.29) is 42.0 Å². The summed E-state index contributed by atoms with van der Waals surface area (Å²) in [5.74, 6) is -0.242. The molecule has 1 aliphatic heterocycles. The molecule has 30 heavy (non-hydrogen) atoms. The minimum absolute atomic E-state index is 0.00124. The molecule has 7 nitrogen and oxygen atoms in total. The van der Waals surface area contributed by atoms with E-state index in [9.17, 15) is 14.4 Å². The van der Waals surface area contributed by atoms with Gasteiger partial charge in [-0.15, -0.1) is 0 Å². The SMILES string of the molecule is CN(C)CC(C)(C)CNC(=O)C1CCN(C(=O)CNC(=O)Cc2ccccc2)CC1. The summed E-state index contributed by atoms with van der Waals surface area (Å²) in [7, 11) is 4.06. The molecule has 1 saturated heterocycles. The Bertz CT molecular complexity index is 710. The number of rotatable bonds is 9. The molecule has 1 aromatic rings.